The van der Waals surface area contributed by atoms with Crippen molar-refractivity contribution in [1.29, 1.82) is 0 Å². The summed E-state index contributed by atoms with van der Waals surface area (Å²) in [4.78, 5) is 2.33. The zero-order chi connectivity index (χ0) is 14.4. The molecule has 1 aliphatic carbocycles. The molecular weight excluding hydrogens is 252 g/mol. The molecule has 0 amide bonds. The van der Waals surface area contributed by atoms with Gasteiger partial charge in [-0.15, -0.1) is 0 Å². The smallest absolute Gasteiger partial charge is 0.123 e. The monoisotopic (exact) mass is 278 g/mol. The van der Waals surface area contributed by atoms with Gasteiger partial charge in [-0.05, 0) is 38.3 Å². The number of nitrogens with zero attached hydrogens (tertiary/aromatic N) is 1. The van der Waals surface area contributed by atoms with E-state index in [4.69, 9.17) is 10.5 Å². The average molecular weight is 278 g/mol. The van der Waals surface area contributed by atoms with Gasteiger partial charge >= 0.3 is 0 Å². The Bertz CT molecular complexity index is 405. The molecular formula is C16H26N2O2. The lowest BCUT2D eigenvalue weighted by atomic mass is 9.82. The van der Waals surface area contributed by atoms with E-state index in [-0.39, 0.29) is 6.10 Å². The van der Waals surface area contributed by atoms with Crippen LogP contribution in [-0.2, 0) is 6.54 Å². The van der Waals surface area contributed by atoms with E-state index in [9.17, 15) is 5.11 Å². The fourth-order valence-corrected chi connectivity index (χ4v) is 2.71. The van der Waals surface area contributed by atoms with Crippen LogP contribution in [0.1, 0.15) is 24.8 Å². The van der Waals surface area contributed by atoms with Gasteiger partial charge in [0.05, 0.1) is 12.7 Å². The first-order valence-corrected chi connectivity index (χ1v) is 7.46. The molecule has 0 atom stereocenters. The topological polar surface area (TPSA) is 58.7 Å². The van der Waals surface area contributed by atoms with E-state index in [1.54, 1.807) is 0 Å². The molecule has 4 heteroatoms. The summed E-state index contributed by atoms with van der Waals surface area (Å²) in [5.74, 6) is 1.58. The lowest BCUT2D eigenvalue weighted by Gasteiger charge is -2.34. The Kier molecular flexibility index (Phi) is 5.83. The van der Waals surface area contributed by atoms with Gasteiger partial charge in [-0.3, -0.25) is 0 Å². The van der Waals surface area contributed by atoms with E-state index in [0.29, 0.717) is 19.1 Å². The number of aliphatic hydroxyl groups excluding tert-OH is 1. The van der Waals surface area contributed by atoms with Gasteiger partial charge in [-0.25, -0.2) is 0 Å². The van der Waals surface area contributed by atoms with Gasteiger partial charge in [0.1, 0.15) is 5.75 Å². The van der Waals surface area contributed by atoms with Crippen molar-refractivity contribution in [3.05, 3.63) is 29.8 Å². The molecule has 112 valence electrons. The highest BCUT2D eigenvalue weighted by atomic mass is 16.5. The number of rotatable bonds is 8. The van der Waals surface area contributed by atoms with Crippen LogP contribution in [0.5, 0.6) is 5.75 Å². The van der Waals surface area contributed by atoms with Gasteiger partial charge in [0.15, 0.2) is 0 Å². The maximum atomic E-state index is 9.27. The SMILES string of the molecule is CN(CCCOc1ccccc1CN)CC1CC(O)C1. The van der Waals surface area contributed by atoms with Gasteiger partial charge in [0.25, 0.3) is 0 Å². The first kappa shape index (κ1) is 15.3. The second-order valence-corrected chi connectivity index (χ2v) is 5.77. The standard InChI is InChI=1S/C16H26N2O2/c1-18(12-13-9-15(19)10-13)7-4-8-20-16-6-3-2-5-14(16)11-17/h2-3,5-6,13,15,19H,4,7-12,17H2,1H3. The van der Waals surface area contributed by atoms with E-state index in [1.807, 2.05) is 24.3 Å². The lowest BCUT2D eigenvalue weighted by Crippen LogP contribution is -2.37. The van der Waals surface area contributed by atoms with Crippen LogP contribution in [-0.4, -0.2) is 42.9 Å². The van der Waals surface area contributed by atoms with Crippen molar-refractivity contribution < 1.29 is 9.84 Å². The molecule has 20 heavy (non-hydrogen) atoms. The molecule has 1 saturated carbocycles. The molecule has 4 nitrogen and oxygen atoms in total. The second-order valence-electron chi connectivity index (χ2n) is 5.77. The van der Waals surface area contributed by atoms with Gasteiger partial charge < -0.3 is 20.5 Å². The number of para-hydroxylation sites is 1. The largest absolute Gasteiger partial charge is 0.493 e. The van der Waals surface area contributed by atoms with Crippen LogP contribution in [0, 0.1) is 5.92 Å². The van der Waals surface area contributed by atoms with Crippen LogP contribution in [0.4, 0.5) is 0 Å². The van der Waals surface area contributed by atoms with Crippen LogP contribution in [0.2, 0.25) is 0 Å². The van der Waals surface area contributed by atoms with Crippen molar-refractivity contribution in [2.45, 2.75) is 31.9 Å². The third-order valence-corrected chi connectivity index (χ3v) is 3.91. The number of nitrogens with two attached hydrogens (primary N) is 1. The molecule has 1 aliphatic rings. The number of benzene rings is 1. The third-order valence-electron chi connectivity index (χ3n) is 3.91. The summed E-state index contributed by atoms with van der Waals surface area (Å²) < 4.78 is 5.79. The first-order valence-electron chi connectivity index (χ1n) is 7.46. The summed E-state index contributed by atoms with van der Waals surface area (Å²) in [6.07, 6.45) is 2.88. The lowest BCUT2D eigenvalue weighted by molar-refractivity contribution is 0.0278. The molecule has 1 aromatic rings. The summed E-state index contributed by atoms with van der Waals surface area (Å²) in [5, 5.41) is 9.27. The quantitative estimate of drug-likeness (QED) is 0.709. The maximum Gasteiger partial charge on any atom is 0.123 e. The fraction of sp³-hybridized carbons (Fsp3) is 0.625. The zero-order valence-electron chi connectivity index (χ0n) is 12.3. The predicted octanol–water partition coefficient (Wildman–Crippen LogP) is 1.62. The average Bonchev–Trinajstić information content (AvgIpc) is 2.42. The maximum absolute atomic E-state index is 9.27. The molecule has 1 aromatic carbocycles. The summed E-state index contributed by atoms with van der Waals surface area (Å²) in [5.41, 5.74) is 6.74. The van der Waals surface area contributed by atoms with Crippen LogP contribution in [0.15, 0.2) is 24.3 Å². The molecule has 3 N–H and O–H groups in total. The molecule has 0 aromatic heterocycles. The zero-order valence-corrected chi connectivity index (χ0v) is 12.3. The Morgan fingerprint density at radius 2 is 2.10 bits per heavy atom. The second kappa shape index (κ2) is 7.62. The van der Waals surface area contributed by atoms with Crippen molar-refractivity contribution in [2.24, 2.45) is 11.7 Å². The van der Waals surface area contributed by atoms with Crippen LogP contribution >= 0.6 is 0 Å². The summed E-state index contributed by atoms with van der Waals surface area (Å²) >= 11 is 0. The molecule has 0 spiro atoms. The molecule has 0 bridgehead atoms. The highest BCUT2D eigenvalue weighted by Gasteiger charge is 2.27. The van der Waals surface area contributed by atoms with Crippen molar-refractivity contribution in [3.63, 3.8) is 0 Å². The molecule has 0 radical (unpaired) electrons. The molecule has 0 unspecified atom stereocenters. The van der Waals surface area contributed by atoms with Crippen LogP contribution < -0.4 is 10.5 Å². The van der Waals surface area contributed by atoms with E-state index < -0.39 is 0 Å². The first-order chi connectivity index (χ1) is 9.69. The van der Waals surface area contributed by atoms with E-state index >= 15 is 0 Å². The van der Waals surface area contributed by atoms with Crippen LogP contribution in [0.3, 0.4) is 0 Å². The Labute approximate surface area is 121 Å². The number of hydrogen-bond acceptors (Lipinski definition) is 4. The van der Waals surface area contributed by atoms with E-state index in [0.717, 1.165) is 43.7 Å². The van der Waals surface area contributed by atoms with Gasteiger partial charge in [0.2, 0.25) is 0 Å². The van der Waals surface area contributed by atoms with Crippen molar-refractivity contribution in [1.82, 2.24) is 4.90 Å². The highest BCUT2D eigenvalue weighted by molar-refractivity contribution is 5.32. The highest BCUT2D eigenvalue weighted by Crippen LogP contribution is 2.27. The molecule has 2 rings (SSSR count). The van der Waals surface area contributed by atoms with Crippen molar-refractivity contribution in [2.75, 3.05) is 26.7 Å². The van der Waals surface area contributed by atoms with Gasteiger partial charge in [-0.1, -0.05) is 18.2 Å². The Balaban J connectivity index is 1.61. The van der Waals surface area contributed by atoms with Crippen LogP contribution in [0.25, 0.3) is 0 Å². The number of hydrogen-bond donors (Lipinski definition) is 2. The van der Waals surface area contributed by atoms with Crippen molar-refractivity contribution in [3.8, 4) is 5.75 Å². The molecule has 1 fully saturated rings. The summed E-state index contributed by atoms with van der Waals surface area (Å²) in [6.45, 7) is 3.34. The van der Waals surface area contributed by atoms with Crippen molar-refractivity contribution >= 4 is 0 Å². The normalized spacial score (nSPS) is 21.8. The molecule has 0 aliphatic heterocycles. The van der Waals surface area contributed by atoms with Gasteiger partial charge in [-0.2, -0.15) is 0 Å². The minimum absolute atomic E-state index is 0.0514. The molecule has 0 saturated heterocycles. The number of aliphatic hydroxyl groups is 1. The minimum Gasteiger partial charge on any atom is -0.493 e. The summed E-state index contributed by atoms with van der Waals surface area (Å²) in [6, 6.07) is 7.93. The fourth-order valence-electron chi connectivity index (χ4n) is 2.71. The number of ether oxygens (including phenoxy) is 1. The summed E-state index contributed by atoms with van der Waals surface area (Å²) in [7, 11) is 2.14. The molecule has 0 heterocycles. The van der Waals surface area contributed by atoms with E-state index in [1.165, 1.54) is 0 Å². The Morgan fingerprint density at radius 1 is 1.35 bits per heavy atom. The Morgan fingerprint density at radius 3 is 2.80 bits per heavy atom. The third kappa shape index (κ3) is 4.47. The minimum atomic E-state index is -0.0514. The predicted molar refractivity (Wildman–Crippen MR) is 80.7 cm³/mol. The van der Waals surface area contributed by atoms with Gasteiger partial charge in [0, 0.05) is 25.2 Å². The van der Waals surface area contributed by atoms with E-state index in [2.05, 4.69) is 11.9 Å². The Hall–Kier alpha value is -1.10.